The van der Waals surface area contributed by atoms with Crippen molar-refractivity contribution in [3.8, 4) is 0 Å². The fourth-order valence-electron chi connectivity index (χ4n) is 0.951. The molecule has 0 radical (unpaired) electrons. The molecular weight excluding hydrogens is 156 g/mol. The number of likely N-dealkylation sites (N-methyl/N-ethyl adjacent to an activating group) is 1. The molecule has 0 aliphatic carbocycles. The van der Waals surface area contributed by atoms with E-state index in [1.807, 2.05) is 13.8 Å². The molecule has 0 heterocycles. The molecule has 0 aromatic rings. The van der Waals surface area contributed by atoms with Gasteiger partial charge in [0.1, 0.15) is 6.29 Å². The van der Waals surface area contributed by atoms with Gasteiger partial charge < -0.3 is 15.4 Å². The minimum Gasteiger partial charge on any atom is -0.351 e. The molecule has 70 valence electrons. The molecule has 0 rings (SSSR count). The first-order valence-corrected chi connectivity index (χ1v) is 3.96. The molecule has 4 heteroatoms. The van der Waals surface area contributed by atoms with Crippen LogP contribution in [0.4, 0.5) is 4.79 Å². The predicted octanol–water partition coefficient (Wildman–Crippen LogP) is 0.610. The predicted molar refractivity (Wildman–Crippen MR) is 46.7 cm³/mol. The van der Waals surface area contributed by atoms with Crippen LogP contribution in [-0.2, 0) is 4.79 Å². The zero-order chi connectivity index (χ0) is 9.72. The Hall–Kier alpha value is -1.06. The smallest absolute Gasteiger partial charge is 0.315 e. The quantitative estimate of drug-likeness (QED) is 0.631. The summed E-state index contributed by atoms with van der Waals surface area (Å²) in [5.74, 6) is 0.377. The number of aldehydes is 1. The summed E-state index contributed by atoms with van der Waals surface area (Å²) < 4.78 is 0. The second-order valence-corrected chi connectivity index (χ2v) is 3.28. The lowest BCUT2D eigenvalue weighted by Gasteiger charge is -2.22. The number of rotatable bonds is 4. The van der Waals surface area contributed by atoms with Gasteiger partial charge in [-0.05, 0) is 12.3 Å². The van der Waals surface area contributed by atoms with E-state index in [0.717, 1.165) is 6.29 Å². The Morgan fingerprint density at radius 1 is 1.58 bits per heavy atom. The van der Waals surface area contributed by atoms with Crippen LogP contribution in [0, 0.1) is 5.92 Å². The van der Waals surface area contributed by atoms with Crippen LogP contribution in [0.3, 0.4) is 0 Å². The highest BCUT2D eigenvalue weighted by atomic mass is 16.2. The van der Waals surface area contributed by atoms with E-state index in [9.17, 15) is 9.59 Å². The van der Waals surface area contributed by atoms with Crippen molar-refractivity contribution >= 4 is 12.3 Å². The number of nitrogens with zero attached hydrogens (tertiary/aromatic N) is 1. The van der Waals surface area contributed by atoms with Crippen LogP contribution in [0.5, 0.6) is 0 Å². The van der Waals surface area contributed by atoms with Crippen molar-refractivity contribution in [2.75, 3.05) is 7.05 Å². The molecule has 0 aliphatic heterocycles. The molecule has 0 fully saturated rings. The number of primary amides is 1. The number of amides is 2. The number of carbonyl (C=O) groups is 2. The first-order chi connectivity index (χ1) is 5.49. The van der Waals surface area contributed by atoms with Gasteiger partial charge in [-0.25, -0.2) is 4.79 Å². The summed E-state index contributed by atoms with van der Waals surface area (Å²) in [5.41, 5.74) is 5.02. The van der Waals surface area contributed by atoms with Gasteiger partial charge in [-0.3, -0.25) is 0 Å². The average molecular weight is 172 g/mol. The molecule has 0 saturated carbocycles. The molecule has 0 bridgehead atoms. The standard InChI is InChI=1S/C8H16N2O2/c1-6(2)4-7(5-11)10(3)8(9)12/h5-7H,4H2,1-3H3,(H2,9,12)/t7-/m0/s1. The van der Waals surface area contributed by atoms with Gasteiger partial charge in [-0.15, -0.1) is 0 Å². The van der Waals surface area contributed by atoms with E-state index < -0.39 is 6.03 Å². The number of urea groups is 1. The molecule has 1 atom stereocenters. The molecule has 0 aromatic heterocycles. The van der Waals surface area contributed by atoms with Crippen LogP contribution in [0.2, 0.25) is 0 Å². The third kappa shape index (κ3) is 3.37. The Labute approximate surface area is 72.7 Å². The Balaban J connectivity index is 4.14. The normalized spacial score (nSPS) is 12.7. The van der Waals surface area contributed by atoms with Gasteiger partial charge in [0.25, 0.3) is 0 Å². The van der Waals surface area contributed by atoms with Crippen LogP contribution in [0.1, 0.15) is 20.3 Å². The van der Waals surface area contributed by atoms with Gasteiger partial charge in [0.2, 0.25) is 0 Å². The first kappa shape index (κ1) is 10.9. The third-order valence-corrected chi connectivity index (χ3v) is 1.72. The number of carbonyl (C=O) groups excluding carboxylic acids is 2. The Morgan fingerprint density at radius 3 is 2.33 bits per heavy atom. The van der Waals surface area contributed by atoms with E-state index in [2.05, 4.69) is 0 Å². The summed E-state index contributed by atoms with van der Waals surface area (Å²) in [7, 11) is 1.53. The highest BCUT2D eigenvalue weighted by Crippen LogP contribution is 2.07. The molecule has 2 amide bonds. The molecule has 0 saturated heterocycles. The van der Waals surface area contributed by atoms with E-state index >= 15 is 0 Å². The van der Waals surface area contributed by atoms with Crippen molar-refractivity contribution in [3.05, 3.63) is 0 Å². The van der Waals surface area contributed by atoms with Crippen LogP contribution in [-0.4, -0.2) is 30.3 Å². The van der Waals surface area contributed by atoms with E-state index in [0.29, 0.717) is 12.3 Å². The zero-order valence-electron chi connectivity index (χ0n) is 7.78. The summed E-state index contributed by atoms with van der Waals surface area (Å²) in [5, 5.41) is 0. The number of hydrogen-bond acceptors (Lipinski definition) is 2. The molecule has 4 nitrogen and oxygen atoms in total. The van der Waals surface area contributed by atoms with Gasteiger partial charge in [0, 0.05) is 7.05 Å². The Kier molecular flexibility index (Phi) is 4.33. The third-order valence-electron chi connectivity index (χ3n) is 1.72. The molecule has 0 unspecified atom stereocenters. The van der Waals surface area contributed by atoms with Gasteiger partial charge >= 0.3 is 6.03 Å². The van der Waals surface area contributed by atoms with Crippen LogP contribution >= 0.6 is 0 Å². The maximum absolute atomic E-state index is 10.7. The molecule has 0 aromatic carbocycles. The molecule has 0 aliphatic rings. The molecule has 2 N–H and O–H groups in total. The van der Waals surface area contributed by atoms with Gasteiger partial charge in [-0.2, -0.15) is 0 Å². The maximum atomic E-state index is 10.7. The Bertz CT molecular complexity index is 168. The number of nitrogens with two attached hydrogens (primary N) is 1. The molecule has 0 spiro atoms. The van der Waals surface area contributed by atoms with E-state index in [4.69, 9.17) is 5.73 Å². The lowest BCUT2D eigenvalue weighted by atomic mass is 10.0. The van der Waals surface area contributed by atoms with Gasteiger partial charge in [-0.1, -0.05) is 13.8 Å². The molecular formula is C8H16N2O2. The summed E-state index contributed by atoms with van der Waals surface area (Å²) in [6.07, 6.45) is 1.41. The minimum absolute atomic E-state index is 0.377. The van der Waals surface area contributed by atoms with Crippen molar-refractivity contribution in [2.45, 2.75) is 26.3 Å². The monoisotopic (exact) mass is 172 g/mol. The first-order valence-electron chi connectivity index (χ1n) is 3.96. The second kappa shape index (κ2) is 4.74. The lowest BCUT2D eigenvalue weighted by molar-refractivity contribution is -0.111. The van der Waals surface area contributed by atoms with Crippen LogP contribution in [0.25, 0.3) is 0 Å². The zero-order valence-corrected chi connectivity index (χ0v) is 7.78. The van der Waals surface area contributed by atoms with Gasteiger partial charge in [0.05, 0.1) is 6.04 Å². The minimum atomic E-state index is -0.562. The second-order valence-electron chi connectivity index (χ2n) is 3.28. The topological polar surface area (TPSA) is 63.4 Å². The highest BCUT2D eigenvalue weighted by molar-refractivity contribution is 5.76. The van der Waals surface area contributed by atoms with Crippen LogP contribution < -0.4 is 5.73 Å². The summed E-state index contributed by atoms with van der Waals surface area (Å²) in [4.78, 5) is 22.5. The number of hydrogen-bond donors (Lipinski definition) is 1. The van der Waals surface area contributed by atoms with Crippen molar-refractivity contribution < 1.29 is 9.59 Å². The lowest BCUT2D eigenvalue weighted by Crippen LogP contribution is -2.42. The van der Waals surface area contributed by atoms with Crippen molar-refractivity contribution in [3.63, 3.8) is 0 Å². The average Bonchev–Trinajstić information content (AvgIpc) is 1.98. The van der Waals surface area contributed by atoms with Gasteiger partial charge in [0.15, 0.2) is 0 Å². The van der Waals surface area contributed by atoms with Crippen LogP contribution in [0.15, 0.2) is 0 Å². The fraction of sp³-hybridized carbons (Fsp3) is 0.750. The molecule has 12 heavy (non-hydrogen) atoms. The largest absolute Gasteiger partial charge is 0.351 e. The van der Waals surface area contributed by atoms with E-state index in [1.54, 1.807) is 0 Å². The van der Waals surface area contributed by atoms with Crippen molar-refractivity contribution in [2.24, 2.45) is 11.7 Å². The maximum Gasteiger partial charge on any atom is 0.315 e. The summed E-state index contributed by atoms with van der Waals surface area (Å²) >= 11 is 0. The van der Waals surface area contributed by atoms with E-state index in [1.165, 1.54) is 11.9 Å². The van der Waals surface area contributed by atoms with Crippen molar-refractivity contribution in [1.82, 2.24) is 4.90 Å². The van der Waals surface area contributed by atoms with Crippen molar-refractivity contribution in [1.29, 1.82) is 0 Å². The summed E-state index contributed by atoms with van der Waals surface area (Å²) in [6.45, 7) is 3.98. The fourth-order valence-corrected chi connectivity index (χ4v) is 0.951. The summed E-state index contributed by atoms with van der Waals surface area (Å²) in [6, 6.07) is -0.949. The SMILES string of the molecule is CC(C)C[C@@H](C=O)N(C)C(N)=O. The Morgan fingerprint density at radius 2 is 2.08 bits per heavy atom. The van der Waals surface area contributed by atoms with E-state index in [-0.39, 0.29) is 6.04 Å². The highest BCUT2D eigenvalue weighted by Gasteiger charge is 2.17.